The normalized spacial score (nSPS) is 26.5. The highest BCUT2D eigenvalue weighted by Gasteiger charge is 2.56. The van der Waals surface area contributed by atoms with Gasteiger partial charge in [-0.15, -0.1) is 0 Å². The number of hydrogen-bond donors (Lipinski definition) is 3. The molecule has 3 N–H and O–H groups in total. The lowest BCUT2D eigenvalue weighted by atomic mass is 9.98. The molecule has 17 heteroatoms. The van der Waals surface area contributed by atoms with E-state index in [0.29, 0.717) is 5.56 Å². The van der Waals surface area contributed by atoms with Crippen molar-refractivity contribution in [3.8, 4) is 0 Å². The number of ether oxygens (including phenoxy) is 4. The van der Waals surface area contributed by atoms with Crippen LogP contribution in [0, 0.1) is 0 Å². The molecule has 5 atom stereocenters. The number of H-pyrrole nitrogens is 1. The maximum atomic E-state index is 14.3. The van der Waals surface area contributed by atoms with Gasteiger partial charge in [0.2, 0.25) is 6.79 Å². The number of nitrogens with zero attached hydrogens (tertiary/aromatic N) is 1. The number of aromatic nitrogens is 2. The van der Waals surface area contributed by atoms with Crippen LogP contribution in [0.15, 0.2) is 52.2 Å². The maximum absolute atomic E-state index is 14.3. The van der Waals surface area contributed by atoms with Crippen LogP contribution in [0.1, 0.15) is 11.8 Å². The fraction of sp³-hybridized carbons (Fsp3) is 0.500. The van der Waals surface area contributed by atoms with E-state index in [1.807, 2.05) is 4.98 Å². The number of alkyl halides is 1. The molecule has 3 heterocycles. The molecule has 2 aliphatic heterocycles. The minimum Gasteiger partial charge on any atom is -0.426 e. The van der Waals surface area contributed by atoms with Gasteiger partial charge in [-0.05, 0) is 5.56 Å². The first-order valence-corrected chi connectivity index (χ1v) is 13.0. The second kappa shape index (κ2) is 12.5. The van der Waals surface area contributed by atoms with Gasteiger partial charge in [-0.1, -0.05) is 30.3 Å². The Kier molecular flexibility index (Phi) is 9.30. The predicted molar refractivity (Wildman–Crippen MR) is 125 cm³/mol. The lowest BCUT2D eigenvalue weighted by molar-refractivity contribution is -0.140. The number of rotatable bonds is 12. The molecule has 15 nitrogen and oxygen atoms in total. The molecule has 0 saturated carbocycles. The number of carbonyl (C=O) groups is 1. The van der Waals surface area contributed by atoms with Crippen molar-refractivity contribution < 1.29 is 56.5 Å². The number of phosphoric ester groups is 1. The van der Waals surface area contributed by atoms with Gasteiger partial charge >= 0.3 is 19.7 Å². The highest BCUT2D eigenvalue weighted by atomic mass is 31.2. The summed E-state index contributed by atoms with van der Waals surface area (Å²) in [5.74, 6) is 0. The molecule has 0 radical (unpaired) electrons. The zero-order valence-electron chi connectivity index (χ0n) is 20.3. The number of halogens is 1. The molecule has 1 aromatic carbocycles. The first kappa shape index (κ1) is 29.0. The van der Waals surface area contributed by atoms with Crippen molar-refractivity contribution in [2.45, 2.75) is 36.7 Å². The van der Waals surface area contributed by atoms with Crippen LogP contribution in [-0.4, -0.2) is 83.1 Å². The van der Waals surface area contributed by atoms with Gasteiger partial charge in [0.25, 0.3) is 5.56 Å². The largest absolute Gasteiger partial charge is 0.510 e. The number of nitrogens with one attached hydrogen (secondary N) is 1. The minimum atomic E-state index is -4.64. The number of benzene rings is 1. The summed E-state index contributed by atoms with van der Waals surface area (Å²) in [5.41, 5.74) is -3.50. The van der Waals surface area contributed by atoms with E-state index in [1.54, 1.807) is 30.3 Å². The molecule has 2 aromatic rings. The summed E-state index contributed by atoms with van der Waals surface area (Å²) in [6.07, 6.45) is -6.11. The second-order valence-corrected chi connectivity index (χ2v) is 10.2. The van der Waals surface area contributed by atoms with E-state index in [-0.39, 0.29) is 19.8 Å². The molecule has 2 aliphatic rings. The van der Waals surface area contributed by atoms with E-state index in [1.165, 1.54) is 0 Å². The Morgan fingerprint density at radius 2 is 1.90 bits per heavy atom. The van der Waals surface area contributed by atoms with E-state index in [0.717, 1.165) is 16.8 Å². The van der Waals surface area contributed by atoms with Crippen molar-refractivity contribution in [2.75, 3.05) is 33.3 Å². The molecule has 2 saturated heterocycles. The average Bonchev–Trinajstić information content (AvgIpc) is 3.15. The van der Waals surface area contributed by atoms with Crippen molar-refractivity contribution in [1.82, 2.24) is 9.55 Å². The number of hydrogen-bond acceptors (Lipinski definition) is 13. The maximum Gasteiger partial charge on any atom is 0.510 e. The zero-order valence-corrected chi connectivity index (χ0v) is 21.1. The van der Waals surface area contributed by atoms with E-state index >= 15 is 0 Å². The van der Waals surface area contributed by atoms with Crippen molar-refractivity contribution in [3.63, 3.8) is 0 Å². The van der Waals surface area contributed by atoms with Gasteiger partial charge in [0.05, 0.1) is 26.4 Å². The van der Waals surface area contributed by atoms with E-state index in [9.17, 15) is 33.6 Å². The van der Waals surface area contributed by atoms with E-state index in [4.69, 9.17) is 32.5 Å². The summed E-state index contributed by atoms with van der Waals surface area (Å²) in [6.45, 7) is -3.31. The van der Waals surface area contributed by atoms with Gasteiger partial charge in [-0.25, -0.2) is 23.1 Å². The summed E-state index contributed by atoms with van der Waals surface area (Å²) < 4.78 is 64.0. The molecule has 0 bridgehead atoms. The highest BCUT2D eigenvalue weighted by Crippen LogP contribution is 2.52. The average molecular weight is 576 g/mol. The smallest absolute Gasteiger partial charge is 0.426 e. The first-order valence-electron chi connectivity index (χ1n) is 11.5. The van der Waals surface area contributed by atoms with Crippen LogP contribution in [0.5, 0.6) is 0 Å². The van der Waals surface area contributed by atoms with E-state index < -0.39 is 75.4 Å². The predicted octanol–water partition coefficient (Wildman–Crippen LogP) is 0.363. The van der Waals surface area contributed by atoms with E-state index in [2.05, 4.69) is 0 Å². The molecule has 39 heavy (non-hydrogen) atoms. The van der Waals surface area contributed by atoms with Crippen LogP contribution in [0.3, 0.4) is 0 Å². The Morgan fingerprint density at radius 1 is 1.15 bits per heavy atom. The Balaban J connectivity index is 1.45. The summed E-state index contributed by atoms with van der Waals surface area (Å²) in [6, 6.07) is 9.37. The Labute approximate surface area is 219 Å². The summed E-state index contributed by atoms with van der Waals surface area (Å²) >= 11 is 0. The quantitative estimate of drug-likeness (QED) is 0.178. The third-order valence-corrected chi connectivity index (χ3v) is 7.13. The number of aliphatic hydroxyl groups is 2. The third kappa shape index (κ3) is 6.98. The van der Waals surface area contributed by atoms with Crippen molar-refractivity contribution in [2.24, 2.45) is 0 Å². The summed E-state index contributed by atoms with van der Waals surface area (Å²) in [4.78, 5) is 37.2. The lowest BCUT2D eigenvalue weighted by Gasteiger charge is -2.30. The molecule has 1 unspecified atom stereocenters. The fourth-order valence-corrected chi connectivity index (χ4v) is 4.67. The monoisotopic (exact) mass is 576 g/mol. The van der Waals surface area contributed by atoms with Crippen molar-refractivity contribution in [1.29, 1.82) is 0 Å². The Hall–Kier alpha value is -2.95. The third-order valence-electron chi connectivity index (χ3n) is 5.82. The zero-order chi connectivity index (χ0) is 28.0. The van der Waals surface area contributed by atoms with Crippen LogP contribution in [-0.2, 0) is 43.7 Å². The number of aliphatic hydroxyl groups excluding tert-OH is 2. The molecule has 0 spiro atoms. The number of aromatic amines is 1. The fourth-order valence-electron chi connectivity index (χ4n) is 3.58. The molecule has 1 aromatic heterocycles. The topological polar surface area (TPSA) is 194 Å². The van der Waals surface area contributed by atoms with Crippen LogP contribution in [0.2, 0.25) is 0 Å². The molecule has 0 aliphatic carbocycles. The van der Waals surface area contributed by atoms with Gasteiger partial charge < -0.3 is 29.2 Å². The summed E-state index contributed by atoms with van der Waals surface area (Å²) in [7, 11) is -4.64. The lowest BCUT2D eigenvalue weighted by Crippen LogP contribution is -2.48. The summed E-state index contributed by atoms with van der Waals surface area (Å²) in [5, 5.41) is 21.1. The van der Waals surface area contributed by atoms with Crippen LogP contribution >= 0.6 is 7.82 Å². The van der Waals surface area contributed by atoms with Gasteiger partial charge in [-0.3, -0.25) is 23.4 Å². The molecule has 214 valence electrons. The standard InChI is InChI=1S/C22H26FN2O13P/c23-11-22(18(28)17(27)19(38-22)25-7-6-16(26)24-20(25)29)12-35-39(31,34-8-14-4-2-1-3-5-14)36-13-33-21(30)37-15-9-32-10-15/h1-7,15,17-19,27-28H,8-13H2,(H,24,26,29)/t17-,18+,19-,22-,39?/m1/s1. The van der Waals surface area contributed by atoms with Gasteiger partial charge in [-0.2, -0.15) is 0 Å². The Morgan fingerprint density at radius 3 is 2.54 bits per heavy atom. The minimum absolute atomic E-state index is 0.198. The molecular formula is C22H26FN2O13P. The molecule has 2 fully saturated rings. The molecule has 0 amide bonds. The number of carbonyl (C=O) groups excluding carboxylic acids is 1. The second-order valence-electron chi connectivity index (χ2n) is 8.56. The number of phosphoric acid groups is 1. The van der Waals surface area contributed by atoms with Crippen LogP contribution in [0.4, 0.5) is 9.18 Å². The SMILES string of the molecule is O=C(OCOP(=O)(OCc1ccccc1)OC[C@@]1(CF)O[C@@H](n2ccc(=O)[nH]c2=O)[C@H](O)[C@@H]1O)OC1COC1. The molecule has 4 rings (SSSR count). The van der Waals surface area contributed by atoms with Crippen molar-refractivity contribution >= 4 is 14.0 Å². The van der Waals surface area contributed by atoms with Gasteiger partial charge in [0, 0.05) is 12.3 Å². The molecular weight excluding hydrogens is 550 g/mol. The Bertz CT molecular complexity index is 1290. The van der Waals surface area contributed by atoms with Gasteiger partial charge in [0.1, 0.15) is 18.9 Å². The first-order chi connectivity index (χ1) is 18.6. The van der Waals surface area contributed by atoms with Crippen LogP contribution < -0.4 is 11.2 Å². The van der Waals surface area contributed by atoms with Crippen LogP contribution in [0.25, 0.3) is 0 Å². The highest BCUT2D eigenvalue weighted by molar-refractivity contribution is 7.48. The van der Waals surface area contributed by atoms with Gasteiger partial charge in [0.15, 0.2) is 17.9 Å². The van der Waals surface area contributed by atoms with Crippen molar-refractivity contribution in [3.05, 3.63) is 69.0 Å².